The summed E-state index contributed by atoms with van der Waals surface area (Å²) in [5, 5.41) is 13.8. The zero-order valence-corrected chi connectivity index (χ0v) is 15.2. The fraction of sp³-hybridized carbons (Fsp3) is 0.316. The van der Waals surface area contributed by atoms with Crippen molar-refractivity contribution in [2.75, 3.05) is 14.2 Å². The Kier molecular flexibility index (Phi) is 6.16. The number of carbonyl (C=O) groups is 1. The maximum absolute atomic E-state index is 12.4. The minimum absolute atomic E-state index is 0.0479. The van der Waals surface area contributed by atoms with E-state index < -0.39 is 10.8 Å². The Morgan fingerprint density at radius 1 is 1.15 bits per heavy atom. The summed E-state index contributed by atoms with van der Waals surface area (Å²) < 4.78 is 10.4. The Bertz CT molecular complexity index is 820. The Morgan fingerprint density at radius 3 is 2.42 bits per heavy atom. The summed E-state index contributed by atoms with van der Waals surface area (Å²) in [5.74, 6) is 0.637. The number of nitrogens with zero attached hydrogens (tertiary/aromatic N) is 1. The maximum atomic E-state index is 12.4. The van der Waals surface area contributed by atoms with Gasteiger partial charge in [0.1, 0.15) is 0 Å². The Hall–Kier alpha value is -3.09. The van der Waals surface area contributed by atoms with Crippen LogP contribution >= 0.6 is 0 Å². The van der Waals surface area contributed by atoms with Crippen molar-refractivity contribution in [2.24, 2.45) is 0 Å². The van der Waals surface area contributed by atoms with E-state index in [4.69, 9.17) is 9.47 Å². The molecule has 7 nitrogen and oxygen atoms in total. The number of ether oxygens (including phenoxy) is 2. The smallest absolute Gasteiger partial charge is 0.272 e. The van der Waals surface area contributed by atoms with Gasteiger partial charge < -0.3 is 14.8 Å². The molecule has 2 rings (SSSR count). The van der Waals surface area contributed by atoms with E-state index in [9.17, 15) is 14.9 Å². The van der Waals surface area contributed by atoms with Crippen LogP contribution in [0.3, 0.4) is 0 Å². The molecule has 1 unspecified atom stereocenters. The highest BCUT2D eigenvalue weighted by atomic mass is 16.6. The summed E-state index contributed by atoms with van der Waals surface area (Å²) in [5.41, 5.74) is 2.19. The van der Waals surface area contributed by atoms with E-state index in [1.165, 1.54) is 6.07 Å². The fourth-order valence-electron chi connectivity index (χ4n) is 2.64. The second-order valence-electron chi connectivity index (χ2n) is 5.93. The molecular formula is C19H22N2O5. The minimum Gasteiger partial charge on any atom is -0.493 e. The van der Waals surface area contributed by atoms with Crippen LogP contribution in [0.5, 0.6) is 11.5 Å². The van der Waals surface area contributed by atoms with Gasteiger partial charge in [0.15, 0.2) is 11.5 Å². The normalized spacial score (nSPS) is 11.5. The summed E-state index contributed by atoms with van der Waals surface area (Å²) in [4.78, 5) is 22.9. The molecule has 0 saturated carbocycles. The SMILES string of the molecule is COc1ccc(CNC(=O)C(C)c2ccc([N+](=O)[O-])c(C)c2)cc1OC. The number of aryl methyl sites for hydroxylation is 1. The molecule has 1 amide bonds. The second-order valence-corrected chi connectivity index (χ2v) is 5.93. The predicted octanol–water partition coefficient (Wildman–Crippen LogP) is 3.34. The summed E-state index contributed by atoms with van der Waals surface area (Å²) in [6.45, 7) is 3.77. The largest absolute Gasteiger partial charge is 0.493 e. The molecule has 26 heavy (non-hydrogen) atoms. The number of nitro benzene ring substituents is 1. The van der Waals surface area contributed by atoms with Crippen molar-refractivity contribution >= 4 is 11.6 Å². The van der Waals surface area contributed by atoms with Gasteiger partial charge in [-0.05, 0) is 43.2 Å². The van der Waals surface area contributed by atoms with Gasteiger partial charge in [-0.25, -0.2) is 0 Å². The molecule has 1 atom stereocenters. The lowest BCUT2D eigenvalue weighted by molar-refractivity contribution is -0.385. The topological polar surface area (TPSA) is 90.7 Å². The summed E-state index contributed by atoms with van der Waals surface area (Å²) in [7, 11) is 3.12. The summed E-state index contributed by atoms with van der Waals surface area (Å²) >= 11 is 0. The molecule has 2 aromatic rings. The van der Waals surface area contributed by atoms with E-state index in [0.717, 1.165) is 11.1 Å². The highest BCUT2D eigenvalue weighted by molar-refractivity contribution is 5.83. The molecular weight excluding hydrogens is 336 g/mol. The first-order valence-electron chi connectivity index (χ1n) is 8.11. The highest BCUT2D eigenvalue weighted by Crippen LogP contribution is 2.28. The van der Waals surface area contributed by atoms with Crippen molar-refractivity contribution < 1.29 is 19.2 Å². The number of amides is 1. The van der Waals surface area contributed by atoms with Gasteiger partial charge in [-0.15, -0.1) is 0 Å². The monoisotopic (exact) mass is 358 g/mol. The lowest BCUT2D eigenvalue weighted by atomic mass is 9.97. The van der Waals surface area contributed by atoms with Crippen molar-refractivity contribution in [1.29, 1.82) is 0 Å². The van der Waals surface area contributed by atoms with Crippen LogP contribution in [0.4, 0.5) is 5.69 Å². The van der Waals surface area contributed by atoms with Crippen LogP contribution in [-0.4, -0.2) is 25.1 Å². The van der Waals surface area contributed by atoms with Gasteiger partial charge in [0, 0.05) is 18.2 Å². The standard InChI is InChI=1S/C19H22N2O5/c1-12-9-15(6-7-16(12)21(23)24)13(2)19(22)20-11-14-5-8-17(25-3)18(10-14)26-4/h5-10,13H,11H2,1-4H3,(H,20,22). The third kappa shape index (κ3) is 4.30. The first kappa shape index (κ1) is 19.2. The van der Waals surface area contributed by atoms with Crippen LogP contribution in [0.2, 0.25) is 0 Å². The van der Waals surface area contributed by atoms with E-state index in [1.807, 2.05) is 6.07 Å². The van der Waals surface area contributed by atoms with Crippen LogP contribution < -0.4 is 14.8 Å². The zero-order chi connectivity index (χ0) is 19.3. The van der Waals surface area contributed by atoms with Crippen molar-refractivity contribution in [3.8, 4) is 11.5 Å². The number of nitro groups is 1. The van der Waals surface area contributed by atoms with Crippen molar-refractivity contribution in [1.82, 2.24) is 5.32 Å². The number of hydrogen-bond donors (Lipinski definition) is 1. The molecule has 138 valence electrons. The highest BCUT2D eigenvalue weighted by Gasteiger charge is 2.18. The van der Waals surface area contributed by atoms with Gasteiger partial charge in [0.2, 0.25) is 5.91 Å². The minimum atomic E-state index is -0.430. The van der Waals surface area contributed by atoms with E-state index in [2.05, 4.69) is 5.32 Å². The van der Waals surface area contributed by atoms with Crippen LogP contribution in [0.25, 0.3) is 0 Å². The molecule has 0 bridgehead atoms. The first-order valence-corrected chi connectivity index (χ1v) is 8.11. The van der Waals surface area contributed by atoms with Crippen molar-refractivity contribution in [3.63, 3.8) is 0 Å². The van der Waals surface area contributed by atoms with E-state index in [0.29, 0.717) is 23.6 Å². The Balaban J connectivity index is 2.05. The molecule has 0 spiro atoms. The zero-order valence-electron chi connectivity index (χ0n) is 15.2. The molecule has 0 fully saturated rings. The van der Waals surface area contributed by atoms with E-state index in [1.54, 1.807) is 52.3 Å². The first-order chi connectivity index (χ1) is 12.4. The predicted molar refractivity (Wildman–Crippen MR) is 97.6 cm³/mol. The number of methoxy groups -OCH3 is 2. The van der Waals surface area contributed by atoms with E-state index in [-0.39, 0.29) is 11.6 Å². The summed E-state index contributed by atoms with van der Waals surface area (Å²) in [6, 6.07) is 10.2. The number of nitrogens with one attached hydrogen (secondary N) is 1. The lowest BCUT2D eigenvalue weighted by Gasteiger charge is -2.14. The molecule has 0 aliphatic rings. The molecule has 7 heteroatoms. The van der Waals surface area contributed by atoms with Gasteiger partial charge in [-0.3, -0.25) is 14.9 Å². The fourth-order valence-corrected chi connectivity index (χ4v) is 2.64. The Morgan fingerprint density at radius 2 is 1.85 bits per heavy atom. The Labute approximate surface area is 152 Å². The van der Waals surface area contributed by atoms with Crippen LogP contribution in [0, 0.1) is 17.0 Å². The molecule has 0 radical (unpaired) electrons. The van der Waals surface area contributed by atoms with Gasteiger partial charge in [-0.2, -0.15) is 0 Å². The molecule has 0 saturated heterocycles. The van der Waals surface area contributed by atoms with Crippen LogP contribution in [0.1, 0.15) is 29.5 Å². The van der Waals surface area contributed by atoms with Crippen molar-refractivity contribution in [2.45, 2.75) is 26.3 Å². The van der Waals surface area contributed by atoms with Gasteiger partial charge in [0.05, 0.1) is 25.1 Å². The number of benzene rings is 2. The third-order valence-corrected chi connectivity index (χ3v) is 4.23. The quantitative estimate of drug-likeness (QED) is 0.605. The number of carbonyl (C=O) groups excluding carboxylic acids is 1. The molecule has 0 aromatic heterocycles. The molecule has 1 N–H and O–H groups in total. The molecule has 0 aliphatic carbocycles. The average molecular weight is 358 g/mol. The summed E-state index contributed by atoms with van der Waals surface area (Å²) in [6.07, 6.45) is 0. The molecule has 2 aromatic carbocycles. The van der Waals surface area contributed by atoms with Gasteiger partial charge in [-0.1, -0.05) is 12.1 Å². The number of rotatable bonds is 7. The average Bonchev–Trinajstić information content (AvgIpc) is 2.64. The number of hydrogen-bond acceptors (Lipinski definition) is 5. The molecule has 0 heterocycles. The van der Waals surface area contributed by atoms with Gasteiger partial charge >= 0.3 is 0 Å². The lowest BCUT2D eigenvalue weighted by Crippen LogP contribution is -2.27. The van der Waals surface area contributed by atoms with Crippen molar-refractivity contribution in [3.05, 3.63) is 63.2 Å². The van der Waals surface area contributed by atoms with Crippen LogP contribution in [0.15, 0.2) is 36.4 Å². The third-order valence-electron chi connectivity index (χ3n) is 4.23. The maximum Gasteiger partial charge on any atom is 0.272 e. The van der Waals surface area contributed by atoms with Crippen LogP contribution in [-0.2, 0) is 11.3 Å². The van der Waals surface area contributed by atoms with E-state index >= 15 is 0 Å². The van der Waals surface area contributed by atoms with Gasteiger partial charge in [0.25, 0.3) is 5.69 Å². The second kappa shape index (κ2) is 8.33. The molecule has 0 aliphatic heterocycles.